The van der Waals surface area contributed by atoms with Crippen LogP contribution in [-0.4, -0.2) is 55.2 Å². The van der Waals surface area contributed by atoms with Gasteiger partial charge in [-0.1, -0.05) is 15.9 Å². The predicted octanol–water partition coefficient (Wildman–Crippen LogP) is 3.59. The highest BCUT2D eigenvalue weighted by atomic mass is 79.9. The van der Waals surface area contributed by atoms with E-state index in [2.05, 4.69) is 25.8 Å². The summed E-state index contributed by atoms with van der Waals surface area (Å²) in [5.41, 5.74) is 0.911. The van der Waals surface area contributed by atoms with Crippen molar-refractivity contribution in [2.75, 3.05) is 44.3 Å². The molecule has 6 nitrogen and oxygen atoms in total. The minimum Gasteiger partial charge on any atom is -0.490 e. The second kappa shape index (κ2) is 9.41. The molecule has 0 unspecified atom stereocenters. The third kappa shape index (κ3) is 4.93. The van der Waals surface area contributed by atoms with E-state index in [-0.39, 0.29) is 5.91 Å². The molecular weight excluding hydrogens is 430 g/mol. The number of rotatable bonds is 7. The molecule has 146 valence electrons. The highest BCUT2D eigenvalue weighted by Gasteiger charge is 2.23. The van der Waals surface area contributed by atoms with Gasteiger partial charge in [-0.25, -0.2) is 4.98 Å². The van der Waals surface area contributed by atoms with E-state index in [4.69, 9.17) is 9.47 Å². The van der Waals surface area contributed by atoms with E-state index in [1.165, 1.54) is 0 Å². The van der Waals surface area contributed by atoms with Crippen molar-refractivity contribution in [2.45, 2.75) is 20.3 Å². The van der Waals surface area contributed by atoms with Crippen LogP contribution in [0.25, 0.3) is 0 Å². The maximum absolute atomic E-state index is 12.8. The number of piperazine rings is 1. The highest BCUT2D eigenvalue weighted by molar-refractivity contribution is 9.10. The average molecular weight is 454 g/mol. The maximum Gasteiger partial charge on any atom is 0.227 e. The molecule has 2 heterocycles. The number of halogens is 1. The molecule has 0 radical (unpaired) electrons. The number of anilines is 1. The van der Waals surface area contributed by atoms with Crippen molar-refractivity contribution in [3.8, 4) is 11.5 Å². The Morgan fingerprint density at radius 1 is 1.15 bits per heavy atom. The minimum absolute atomic E-state index is 0.126. The number of ether oxygens (including phenoxy) is 2. The number of aromatic nitrogens is 1. The number of hydrogen-bond donors (Lipinski definition) is 0. The smallest absolute Gasteiger partial charge is 0.227 e. The van der Waals surface area contributed by atoms with Gasteiger partial charge in [-0.05, 0) is 31.5 Å². The van der Waals surface area contributed by atoms with Gasteiger partial charge in [-0.15, -0.1) is 11.3 Å². The molecule has 0 spiro atoms. The summed E-state index contributed by atoms with van der Waals surface area (Å²) in [6, 6.07) is 3.79. The Balaban J connectivity index is 1.64. The molecule has 1 aliphatic heterocycles. The Morgan fingerprint density at radius 3 is 2.41 bits per heavy atom. The quantitative estimate of drug-likeness (QED) is 0.640. The van der Waals surface area contributed by atoms with E-state index in [9.17, 15) is 4.79 Å². The van der Waals surface area contributed by atoms with Crippen molar-refractivity contribution in [3.05, 3.63) is 33.7 Å². The molecule has 0 aliphatic carbocycles. The zero-order valence-electron chi connectivity index (χ0n) is 15.6. The van der Waals surface area contributed by atoms with Gasteiger partial charge >= 0.3 is 0 Å². The van der Waals surface area contributed by atoms with Crippen LogP contribution in [0.15, 0.2) is 28.2 Å². The summed E-state index contributed by atoms with van der Waals surface area (Å²) in [6.45, 7) is 8.04. The Labute approximate surface area is 172 Å². The molecule has 1 amide bonds. The number of benzene rings is 1. The fraction of sp³-hybridized carbons (Fsp3) is 0.474. The molecule has 1 saturated heterocycles. The SMILES string of the molecule is CCOc1cc(Br)c(CC(=O)N2CCN(c3nccs3)CC2)cc1OCC. The van der Waals surface area contributed by atoms with Gasteiger partial charge in [0.15, 0.2) is 16.6 Å². The number of carbonyl (C=O) groups is 1. The van der Waals surface area contributed by atoms with Crippen molar-refractivity contribution < 1.29 is 14.3 Å². The zero-order valence-corrected chi connectivity index (χ0v) is 18.0. The fourth-order valence-electron chi connectivity index (χ4n) is 3.04. The van der Waals surface area contributed by atoms with Gasteiger partial charge in [-0.3, -0.25) is 4.79 Å². The van der Waals surface area contributed by atoms with Crippen LogP contribution in [0.1, 0.15) is 19.4 Å². The molecular formula is C19H24BrN3O3S. The van der Waals surface area contributed by atoms with Gasteiger partial charge < -0.3 is 19.3 Å². The van der Waals surface area contributed by atoms with Crippen LogP contribution < -0.4 is 14.4 Å². The van der Waals surface area contributed by atoms with E-state index < -0.39 is 0 Å². The Hall–Kier alpha value is -1.80. The molecule has 27 heavy (non-hydrogen) atoms. The van der Waals surface area contributed by atoms with Crippen molar-refractivity contribution in [3.63, 3.8) is 0 Å². The van der Waals surface area contributed by atoms with Crippen molar-refractivity contribution in [1.29, 1.82) is 0 Å². The van der Waals surface area contributed by atoms with E-state index in [0.717, 1.165) is 28.3 Å². The van der Waals surface area contributed by atoms with Crippen LogP contribution in [0.4, 0.5) is 5.13 Å². The molecule has 0 bridgehead atoms. The topological polar surface area (TPSA) is 54.9 Å². The number of nitrogens with zero attached hydrogens (tertiary/aromatic N) is 3. The summed E-state index contributed by atoms with van der Waals surface area (Å²) in [4.78, 5) is 21.3. The lowest BCUT2D eigenvalue weighted by Gasteiger charge is -2.34. The summed E-state index contributed by atoms with van der Waals surface area (Å²) in [7, 11) is 0. The monoisotopic (exact) mass is 453 g/mol. The average Bonchev–Trinajstić information content (AvgIpc) is 3.20. The van der Waals surface area contributed by atoms with Crippen LogP contribution in [0, 0.1) is 0 Å². The molecule has 8 heteroatoms. The molecule has 1 aromatic heterocycles. The van der Waals surface area contributed by atoms with Crippen molar-refractivity contribution >= 4 is 38.3 Å². The first kappa shape index (κ1) is 19.9. The van der Waals surface area contributed by atoms with Gasteiger partial charge in [0.2, 0.25) is 5.91 Å². The van der Waals surface area contributed by atoms with Crippen LogP contribution in [0.2, 0.25) is 0 Å². The van der Waals surface area contributed by atoms with Crippen LogP contribution in [0.3, 0.4) is 0 Å². The first-order chi connectivity index (χ1) is 13.1. The molecule has 1 aromatic carbocycles. The van der Waals surface area contributed by atoms with Crippen molar-refractivity contribution in [2.24, 2.45) is 0 Å². The lowest BCUT2D eigenvalue weighted by Crippen LogP contribution is -2.49. The summed E-state index contributed by atoms with van der Waals surface area (Å²) in [5, 5.41) is 3.00. The summed E-state index contributed by atoms with van der Waals surface area (Å²) in [5.74, 6) is 1.50. The molecule has 1 aliphatic rings. The molecule has 2 aromatic rings. The summed E-state index contributed by atoms with van der Waals surface area (Å²) in [6.07, 6.45) is 2.15. The number of hydrogen-bond acceptors (Lipinski definition) is 6. The Kier molecular flexibility index (Phi) is 6.95. The lowest BCUT2D eigenvalue weighted by atomic mass is 10.1. The lowest BCUT2D eigenvalue weighted by molar-refractivity contribution is -0.130. The summed E-state index contributed by atoms with van der Waals surface area (Å²) >= 11 is 5.20. The Bertz CT molecular complexity index is 762. The van der Waals surface area contributed by atoms with Crippen LogP contribution in [0.5, 0.6) is 11.5 Å². The first-order valence-corrected chi connectivity index (χ1v) is 10.8. The fourth-order valence-corrected chi connectivity index (χ4v) is 4.20. The minimum atomic E-state index is 0.126. The van der Waals surface area contributed by atoms with Gasteiger partial charge in [-0.2, -0.15) is 0 Å². The first-order valence-electron chi connectivity index (χ1n) is 9.12. The van der Waals surface area contributed by atoms with Gasteiger partial charge in [0.1, 0.15) is 0 Å². The highest BCUT2D eigenvalue weighted by Crippen LogP contribution is 2.34. The van der Waals surface area contributed by atoms with Gasteiger partial charge in [0.05, 0.1) is 19.6 Å². The number of amides is 1. The standard InChI is InChI=1S/C19H24BrN3O3S/c1-3-25-16-11-14(15(20)13-17(16)26-4-2)12-18(24)22-6-8-23(9-7-22)19-21-5-10-27-19/h5,10-11,13H,3-4,6-9,12H2,1-2H3. The summed E-state index contributed by atoms with van der Waals surface area (Å²) < 4.78 is 12.2. The van der Waals surface area contributed by atoms with Gasteiger partial charge in [0, 0.05) is 42.2 Å². The second-order valence-corrected chi connectivity index (χ2v) is 7.84. The molecule has 0 atom stereocenters. The number of thiazole rings is 1. The predicted molar refractivity (Wildman–Crippen MR) is 111 cm³/mol. The van der Waals surface area contributed by atoms with E-state index in [1.807, 2.05) is 42.5 Å². The molecule has 3 rings (SSSR count). The molecule has 0 saturated carbocycles. The third-order valence-corrected chi connectivity index (χ3v) is 5.95. The van der Waals surface area contributed by atoms with E-state index >= 15 is 0 Å². The van der Waals surface area contributed by atoms with Gasteiger partial charge in [0.25, 0.3) is 0 Å². The Morgan fingerprint density at radius 2 is 1.81 bits per heavy atom. The van der Waals surface area contributed by atoms with Crippen LogP contribution >= 0.6 is 27.3 Å². The normalized spacial score (nSPS) is 14.3. The second-order valence-electron chi connectivity index (χ2n) is 6.12. The van der Waals surface area contributed by atoms with Crippen LogP contribution in [-0.2, 0) is 11.2 Å². The number of carbonyl (C=O) groups excluding carboxylic acids is 1. The molecule has 0 N–H and O–H groups in total. The van der Waals surface area contributed by atoms with E-state index in [0.29, 0.717) is 44.2 Å². The third-order valence-electron chi connectivity index (χ3n) is 4.38. The van der Waals surface area contributed by atoms with Crippen molar-refractivity contribution in [1.82, 2.24) is 9.88 Å². The van der Waals surface area contributed by atoms with E-state index in [1.54, 1.807) is 11.3 Å². The zero-order chi connectivity index (χ0) is 19.2. The largest absolute Gasteiger partial charge is 0.490 e. The molecule has 1 fully saturated rings. The maximum atomic E-state index is 12.8.